The highest BCUT2D eigenvalue weighted by molar-refractivity contribution is 5.93. The minimum Gasteiger partial charge on any atom is -0.366 e. The molecule has 1 heterocycles. The van der Waals surface area contributed by atoms with Crippen LogP contribution in [0.1, 0.15) is 36.5 Å². The van der Waals surface area contributed by atoms with Crippen molar-refractivity contribution in [2.75, 3.05) is 6.54 Å². The van der Waals surface area contributed by atoms with Crippen LogP contribution in [0.3, 0.4) is 0 Å². The monoisotopic (exact) mass is 316 g/mol. The summed E-state index contributed by atoms with van der Waals surface area (Å²) in [5.74, 6) is -0.248. The number of nitrogens with two attached hydrogens (primary N) is 1. The second-order valence-corrected chi connectivity index (χ2v) is 5.14. The number of hydrogen-bond acceptors (Lipinski definition) is 5. The van der Waals surface area contributed by atoms with Gasteiger partial charge in [-0.2, -0.15) is 4.80 Å². The van der Waals surface area contributed by atoms with Crippen molar-refractivity contribution in [1.29, 1.82) is 0 Å². The number of tetrazole rings is 1. The van der Waals surface area contributed by atoms with Gasteiger partial charge in [-0.15, -0.1) is 10.2 Å². The number of aromatic nitrogens is 4. The number of benzene rings is 1. The molecule has 0 aliphatic heterocycles. The van der Waals surface area contributed by atoms with E-state index in [9.17, 15) is 9.59 Å². The minimum absolute atomic E-state index is 0.0263. The van der Waals surface area contributed by atoms with E-state index in [-0.39, 0.29) is 12.5 Å². The van der Waals surface area contributed by atoms with Crippen molar-refractivity contribution in [1.82, 2.24) is 25.5 Å². The van der Waals surface area contributed by atoms with Crippen LogP contribution in [0.25, 0.3) is 11.4 Å². The van der Waals surface area contributed by atoms with Gasteiger partial charge in [0.15, 0.2) is 0 Å². The number of nitrogens with zero attached hydrogens (tertiary/aromatic N) is 4. The van der Waals surface area contributed by atoms with E-state index >= 15 is 0 Å². The van der Waals surface area contributed by atoms with E-state index in [4.69, 9.17) is 5.73 Å². The van der Waals surface area contributed by atoms with E-state index in [0.717, 1.165) is 19.3 Å². The Labute approximate surface area is 134 Å². The van der Waals surface area contributed by atoms with Crippen LogP contribution in [0.15, 0.2) is 24.3 Å². The average Bonchev–Trinajstić information content (AvgIpc) is 3.00. The van der Waals surface area contributed by atoms with Gasteiger partial charge in [-0.25, -0.2) is 0 Å². The molecule has 0 atom stereocenters. The van der Waals surface area contributed by atoms with Crippen LogP contribution in [0.5, 0.6) is 0 Å². The van der Waals surface area contributed by atoms with E-state index < -0.39 is 5.91 Å². The zero-order chi connectivity index (χ0) is 16.7. The van der Waals surface area contributed by atoms with Crippen LogP contribution in [0.4, 0.5) is 0 Å². The molecule has 8 heteroatoms. The number of amides is 2. The van der Waals surface area contributed by atoms with E-state index in [1.54, 1.807) is 24.3 Å². The van der Waals surface area contributed by atoms with Crippen LogP contribution in [0.2, 0.25) is 0 Å². The largest absolute Gasteiger partial charge is 0.366 e. The van der Waals surface area contributed by atoms with E-state index in [1.807, 2.05) is 0 Å². The SMILES string of the molecule is CCCCCNC(=O)Cn1nnc(-c2ccc(C(N)=O)cc2)n1. The number of nitrogens with one attached hydrogen (secondary N) is 1. The van der Waals surface area contributed by atoms with Crippen molar-refractivity contribution in [3.05, 3.63) is 29.8 Å². The molecule has 0 aliphatic rings. The highest BCUT2D eigenvalue weighted by Crippen LogP contribution is 2.14. The van der Waals surface area contributed by atoms with Crippen molar-refractivity contribution in [2.24, 2.45) is 5.73 Å². The Hall–Kier alpha value is -2.77. The number of hydrogen-bond donors (Lipinski definition) is 2. The van der Waals surface area contributed by atoms with Gasteiger partial charge in [0, 0.05) is 17.7 Å². The van der Waals surface area contributed by atoms with Gasteiger partial charge in [-0.1, -0.05) is 31.9 Å². The van der Waals surface area contributed by atoms with E-state index in [2.05, 4.69) is 27.7 Å². The lowest BCUT2D eigenvalue weighted by Gasteiger charge is -2.03. The Morgan fingerprint density at radius 1 is 1.22 bits per heavy atom. The van der Waals surface area contributed by atoms with E-state index in [1.165, 1.54) is 4.80 Å². The molecule has 0 bridgehead atoms. The van der Waals surface area contributed by atoms with Crippen LogP contribution >= 0.6 is 0 Å². The van der Waals surface area contributed by atoms with Gasteiger partial charge in [-0.3, -0.25) is 9.59 Å². The molecule has 0 saturated heterocycles. The molecule has 23 heavy (non-hydrogen) atoms. The zero-order valence-electron chi connectivity index (χ0n) is 13.0. The summed E-state index contributed by atoms with van der Waals surface area (Å²) in [6, 6.07) is 6.57. The highest BCUT2D eigenvalue weighted by atomic mass is 16.2. The fourth-order valence-electron chi connectivity index (χ4n) is 2.00. The summed E-state index contributed by atoms with van der Waals surface area (Å²) in [6.07, 6.45) is 3.16. The molecule has 0 unspecified atom stereocenters. The molecular weight excluding hydrogens is 296 g/mol. The van der Waals surface area contributed by atoms with Gasteiger partial charge in [-0.05, 0) is 23.8 Å². The molecule has 3 N–H and O–H groups in total. The van der Waals surface area contributed by atoms with Crippen LogP contribution in [0, 0.1) is 0 Å². The second kappa shape index (κ2) is 8.02. The predicted octanol–water partition coefficient (Wildman–Crippen LogP) is 0.745. The summed E-state index contributed by atoms with van der Waals surface area (Å²) in [4.78, 5) is 24.0. The smallest absolute Gasteiger partial charge is 0.248 e. The number of carbonyl (C=O) groups excluding carboxylic acids is 2. The third-order valence-electron chi connectivity index (χ3n) is 3.27. The third-order valence-corrected chi connectivity index (χ3v) is 3.27. The van der Waals surface area contributed by atoms with Crippen molar-refractivity contribution in [2.45, 2.75) is 32.7 Å². The van der Waals surface area contributed by atoms with Crippen molar-refractivity contribution >= 4 is 11.8 Å². The Kier molecular flexibility index (Phi) is 5.79. The average molecular weight is 316 g/mol. The van der Waals surface area contributed by atoms with Crippen molar-refractivity contribution in [3.63, 3.8) is 0 Å². The van der Waals surface area contributed by atoms with Gasteiger partial charge < -0.3 is 11.1 Å². The van der Waals surface area contributed by atoms with Crippen LogP contribution in [-0.2, 0) is 11.3 Å². The van der Waals surface area contributed by atoms with Gasteiger partial charge in [0.1, 0.15) is 6.54 Å². The second-order valence-electron chi connectivity index (χ2n) is 5.14. The number of unbranched alkanes of at least 4 members (excludes halogenated alkanes) is 2. The molecule has 0 fully saturated rings. The molecule has 1 aromatic heterocycles. The third kappa shape index (κ3) is 4.87. The Morgan fingerprint density at radius 3 is 2.61 bits per heavy atom. The van der Waals surface area contributed by atoms with Gasteiger partial charge in [0.05, 0.1) is 0 Å². The summed E-state index contributed by atoms with van der Waals surface area (Å²) < 4.78 is 0. The quantitative estimate of drug-likeness (QED) is 0.697. The maximum atomic E-state index is 11.7. The molecule has 0 aliphatic carbocycles. The molecule has 2 rings (SSSR count). The van der Waals surface area contributed by atoms with Crippen LogP contribution in [-0.4, -0.2) is 38.6 Å². The lowest BCUT2D eigenvalue weighted by atomic mass is 10.1. The van der Waals surface area contributed by atoms with Gasteiger partial charge in [0.2, 0.25) is 17.6 Å². The van der Waals surface area contributed by atoms with Crippen molar-refractivity contribution in [3.8, 4) is 11.4 Å². The molecule has 1 aromatic carbocycles. The summed E-state index contributed by atoms with van der Waals surface area (Å²) in [6.45, 7) is 2.79. The summed E-state index contributed by atoms with van der Waals surface area (Å²) in [5.41, 5.74) is 6.30. The fraction of sp³-hybridized carbons (Fsp3) is 0.400. The Balaban J connectivity index is 1.92. The number of primary amides is 1. The highest BCUT2D eigenvalue weighted by Gasteiger charge is 2.09. The molecule has 8 nitrogen and oxygen atoms in total. The molecule has 2 aromatic rings. The predicted molar refractivity (Wildman–Crippen MR) is 84.3 cm³/mol. The zero-order valence-corrected chi connectivity index (χ0v) is 13.0. The first kappa shape index (κ1) is 16.6. The van der Waals surface area contributed by atoms with Crippen LogP contribution < -0.4 is 11.1 Å². The number of rotatable bonds is 8. The first-order valence-corrected chi connectivity index (χ1v) is 7.55. The topological polar surface area (TPSA) is 116 Å². The lowest BCUT2D eigenvalue weighted by Crippen LogP contribution is -2.29. The first-order chi connectivity index (χ1) is 11.1. The fourth-order valence-corrected chi connectivity index (χ4v) is 2.00. The lowest BCUT2D eigenvalue weighted by molar-refractivity contribution is -0.122. The molecular formula is C15H20N6O2. The Bertz CT molecular complexity index is 665. The van der Waals surface area contributed by atoms with Crippen molar-refractivity contribution < 1.29 is 9.59 Å². The Morgan fingerprint density at radius 2 is 1.96 bits per heavy atom. The van der Waals surface area contributed by atoms with E-state index in [0.29, 0.717) is 23.5 Å². The maximum absolute atomic E-state index is 11.7. The molecule has 0 radical (unpaired) electrons. The minimum atomic E-state index is -0.493. The summed E-state index contributed by atoms with van der Waals surface area (Å²) >= 11 is 0. The molecule has 2 amide bonds. The maximum Gasteiger partial charge on any atom is 0.248 e. The van der Waals surface area contributed by atoms with Gasteiger partial charge >= 0.3 is 0 Å². The standard InChI is InChI=1S/C15H20N6O2/c1-2-3-4-9-17-13(22)10-21-19-15(18-20-21)12-7-5-11(6-8-12)14(16)23/h5-8H,2-4,9-10H2,1H3,(H2,16,23)(H,17,22). The summed E-state index contributed by atoms with van der Waals surface area (Å²) in [5, 5.41) is 14.7. The molecule has 122 valence electrons. The normalized spacial score (nSPS) is 10.5. The first-order valence-electron chi connectivity index (χ1n) is 7.55. The summed E-state index contributed by atoms with van der Waals surface area (Å²) in [7, 11) is 0. The molecule has 0 spiro atoms. The molecule has 0 saturated carbocycles. The van der Waals surface area contributed by atoms with Gasteiger partial charge in [0.25, 0.3) is 0 Å². The number of carbonyl (C=O) groups is 2.